The standard InChI is InChI=1S/C32H39N7O8S2/c1-38(2)16-8-14-33-25-18-29(45-3)27(17-26(25)35-31(40)30(47-49(5,43)44)20-46-48(4,41)42)37-32-34-15-13-24(36-32)23-19-39(21-11-12-21)28-10-7-6-9-22(23)28/h6-7,9-10,13,15,17-21,33H,8,11-12,14,16H2,1-5H3,(H,35,40)(H,34,36,37)/b30-20-. The number of carbonyl (C=O) groups excluding carboxylic acids is 1. The zero-order valence-electron chi connectivity index (χ0n) is 27.8. The molecule has 15 nitrogen and oxygen atoms in total. The van der Waals surface area contributed by atoms with Gasteiger partial charge in [0.05, 0.1) is 42.4 Å². The van der Waals surface area contributed by atoms with Crippen LogP contribution >= 0.6 is 0 Å². The van der Waals surface area contributed by atoms with Crippen molar-refractivity contribution in [1.29, 1.82) is 0 Å². The second-order valence-electron chi connectivity index (χ2n) is 11.8. The first-order chi connectivity index (χ1) is 23.2. The fourth-order valence-electron chi connectivity index (χ4n) is 5.06. The molecule has 0 spiro atoms. The lowest BCUT2D eigenvalue weighted by molar-refractivity contribution is -0.114. The number of amides is 1. The van der Waals surface area contributed by atoms with Gasteiger partial charge in [0.15, 0.2) is 6.26 Å². The largest absolute Gasteiger partial charge is 0.494 e. The molecule has 1 fully saturated rings. The summed E-state index contributed by atoms with van der Waals surface area (Å²) in [7, 11) is -2.94. The predicted octanol–water partition coefficient (Wildman–Crippen LogP) is 4.28. The van der Waals surface area contributed by atoms with Gasteiger partial charge in [-0.1, -0.05) is 18.2 Å². The van der Waals surface area contributed by atoms with Crippen LogP contribution in [0.15, 0.2) is 66.9 Å². The molecule has 262 valence electrons. The quantitative estimate of drug-likeness (QED) is 0.0648. The van der Waals surface area contributed by atoms with Crippen molar-refractivity contribution in [3.63, 3.8) is 0 Å². The van der Waals surface area contributed by atoms with Crippen molar-refractivity contribution in [2.24, 2.45) is 0 Å². The van der Waals surface area contributed by atoms with Gasteiger partial charge < -0.3 is 38.5 Å². The lowest BCUT2D eigenvalue weighted by atomic mass is 10.1. The highest BCUT2D eigenvalue weighted by atomic mass is 32.2. The van der Waals surface area contributed by atoms with Gasteiger partial charge in [0.2, 0.25) is 11.7 Å². The van der Waals surface area contributed by atoms with Crippen LogP contribution in [0.4, 0.5) is 23.0 Å². The highest BCUT2D eigenvalue weighted by Crippen LogP contribution is 2.41. The average Bonchev–Trinajstić information content (AvgIpc) is 3.80. The molecule has 17 heteroatoms. The third kappa shape index (κ3) is 9.61. The summed E-state index contributed by atoms with van der Waals surface area (Å²) in [5.74, 6) is -1.35. The SMILES string of the molecule is COc1cc(NCCCN(C)C)c(NC(=O)/C(=C/OS(C)(=O)=O)OS(C)(=O)=O)cc1Nc1nccc(-c2cn(C3CC3)c3ccccc23)n1. The van der Waals surface area contributed by atoms with Crippen molar-refractivity contribution < 1.29 is 34.7 Å². The molecule has 0 unspecified atom stereocenters. The number of hydrogen-bond acceptors (Lipinski definition) is 13. The molecule has 1 aliphatic carbocycles. The molecule has 5 rings (SSSR count). The van der Waals surface area contributed by atoms with Crippen LogP contribution in [-0.4, -0.2) is 89.0 Å². The molecular weight excluding hydrogens is 675 g/mol. The van der Waals surface area contributed by atoms with Gasteiger partial charge >= 0.3 is 20.2 Å². The molecule has 3 N–H and O–H groups in total. The number of fused-ring (bicyclic) bond motifs is 1. The van der Waals surface area contributed by atoms with Crippen LogP contribution in [0.1, 0.15) is 25.3 Å². The molecule has 1 amide bonds. The number of nitrogens with one attached hydrogen (secondary N) is 3. The van der Waals surface area contributed by atoms with E-state index in [2.05, 4.69) is 48.0 Å². The van der Waals surface area contributed by atoms with Gasteiger partial charge in [0, 0.05) is 47.5 Å². The molecule has 1 saturated carbocycles. The van der Waals surface area contributed by atoms with Crippen molar-refractivity contribution in [3.05, 3.63) is 66.9 Å². The monoisotopic (exact) mass is 713 g/mol. The Hall–Kier alpha value is -4.87. The Labute approximate surface area is 285 Å². The number of ether oxygens (including phenoxy) is 1. The van der Waals surface area contributed by atoms with Crippen LogP contribution in [0.25, 0.3) is 22.2 Å². The van der Waals surface area contributed by atoms with Crippen LogP contribution in [0.2, 0.25) is 0 Å². The third-order valence-electron chi connectivity index (χ3n) is 7.34. The lowest BCUT2D eigenvalue weighted by Gasteiger charge is -2.19. The van der Waals surface area contributed by atoms with E-state index in [4.69, 9.17) is 13.9 Å². The summed E-state index contributed by atoms with van der Waals surface area (Å²) in [5.41, 5.74) is 3.80. The molecular formula is C32H39N7O8S2. The first kappa shape index (κ1) is 35.4. The summed E-state index contributed by atoms with van der Waals surface area (Å²) in [6.07, 6.45) is 8.65. The van der Waals surface area contributed by atoms with E-state index >= 15 is 0 Å². The Morgan fingerprint density at radius 1 is 1.04 bits per heavy atom. The minimum atomic E-state index is -4.24. The summed E-state index contributed by atoms with van der Waals surface area (Å²) in [4.78, 5) is 24.5. The molecule has 0 radical (unpaired) electrons. The van der Waals surface area contributed by atoms with Crippen LogP contribution in [-0.2, 0) is 33.4 Å². The Morgan fingerprint density at radius 2 is 1.80 bits per heavy atom. The molecule has 2 aromatic heterocycles. The number of benzene rings is 2. The van der Waals surface area contributed by atoms with Gasteiger partial charge in [-0.3, -0.25) is 4.79 Å². The smallest absolute Gasteiger partial charge is 0.306 e. The normalized spacial score (nSPS) is 13.7. The average molecular weight is 714 g/mol. The summed E-state index contributed by atoms with van der Waals surface area (Å²) >= 11 is 0. The van der Waals surface area contributed by atoms with Gasteiger partial charge in [0.25, 0.3) is 5.91 Å². The molecule has 4 aromatic rings. The van der Waals surface area contributed by atoms with Crippen molar-refractivity contribution in [2.45, 2.75) is 25.3 Å². The van der Waals surface area contributed by atoms with Gasteiger partial charge in [-0.2, -0.15) is 16.8 Å². The number of hydrogen-bond donors (Lipinski definition) is 3. The van der Waals surface area contributed by atoms with Crippen LogP contribution < -0.4 is 20.7 Å². The summed E-state index contributed by atoms with van der Waals surface area (Å²) in [6.45, 7) is 1.30. The highest BCUT2D eigenvalue weighted by Gasteiger charge is 2.26. The van der Waals surface area contributed by atoms with Gasteiger partial charge in [-0.05, 0) is 58.1 Å². The van der Waals surface area contributed by atoms with Crippen molar-refractivity contribution in [3.8, 4) is 17.0 Å². The maximum absolute atomic E-state index is 13.3. The molecule has 2 heterocycles. The summed E-state index contributed by atoms with van der Waals surface area (Å²) in [6, 6.07) is 13.7. The highest BCUT2D eigenvalue weighted by molar-refractivity contribution is 7.86. The summed E-state index contributed by atoms with van der Waals surface area (Å²) < 4.78 is 64.2. The van der Waals surface area contributed by atoms with Crippen molar-refractivity contribution in [2.75, 3.05) is 62.8 Å². The topological polar surface area (TPSA) is 183 Å². The van der Waals surface area contributed by atoms with E-state index < -0.39 is 31.9 Å². The lowest BCUT2D eigenvalue weighted by Crippen LogP contribution is -2.21. The number of anilines is 4. The minimum Gasteiger partial charge on any atom is -0.494 e. The zero-order valence-corrected chi connectivity index (χ0v) is 29.4. The van der Waals surface area contributed by atoms with E-state index in [-0.39, 0.29) is 11.6 Å². The predicted molar refractivity (Wildman–Crippen MR) is 188 cm³/mol. The second-order valence-corrected chi connectivity index (χ2v) is 15.0. The van der Waals surface area contributed by atoms with E-state index in [0.717, 1.165) is 48.5 Å². The van der Waals surface area contributed by atoms with Gasteiger partial charge in [0.1, 0.15) is 5.75 Å². The fraction of sp³-hybridized carbons (Fsp3) is 0.344. The van der Waals surface area contributed by atoms with Crippen LogP contribution in [0, 0.1) is 0 Å². The number of nitrogens with zero attached hydrogens (tertiary/aromatic N) is 4. The Morgan fingerprint density at radius 3 is 2.47 bits per heavy atom. The van der Waals surface area contributed by atoms with Crippen molar-refractivity contribution >= 4 is 60.1 Å². The van der Waals surface area contributed by atoms with Gasteiger partial charge in [-0.25, -0.2) is 9.97 Å². The fourth-order valence-corrected chi connectivity index (χ4v) is 5.76. The Balaban J connectivity index is 1.49. The molecule has 0 bridgehead atoms. The Bertz CT molecular complexity index is 2090. The molecule has 0 atom stereocenters. The van der Waals surface area contributed by atoms with Crippen molar-refractivity contribution in [1.82, 2.24) is 19.4 Å². The number of aromatic nitrogens is 3. The molecule has 2 aromatic carbocycles. The first-order valence-corrected chi connectivity index (χ1v) is 18.9. The third-order valence-corrected chi connectivity index (χ3v) is 8.27. The van der Waals surface area contributed by atoms with E-state index in [1.807, 2.05) is 37.2 Å². The molecule has 49 heavy (non-hydrogen) atoms. The van der Waals surface area contributed by atoms with E-state index in [1.54, 1.807) is 18.3 Å². The van der Waals surface area contributed by atoms with E-state index in [9.17, 15) is 21.6 Å². The second kappa shape index (κ2) is 14.7. The molecule has 0 aliphatic heterocycles. The van der Waals surface area contributed by atoms with Crippen LogP contribution in [0.3, 0.4) is 0 Å². The first-order valence-electron chi connectivity index (χ1n) is 15.3. The Kier molecular flexibility index (Phi) is 10.6. The number of rotatable bonds is 16. The zero-order chi connectivity index (χ0) is 35.3. The van der Waals surface area contributed by atoms with E-state index in [1.165, 1.54) is 7.11 Å². The molecule has 0 saturated heterocycles. The van der Waals surface area contributed by atoms with Gasteiger partial charge in [-0.15, -0.1) is 0 Å². The number of para-hydroxylation sites is 1. The number of carbonyl (C=O) groups is 1. The summed E-state index contributed by atoms with van der Waals surface area (Å²) in [5, 5.41) is 10.1. The molecule has 1 aliphatic rings. The minimum absolute atomic E-state index is 0.184. The number of methoxy groups -OCH3 is 1. The maximum Gasteiger partial charge on any atom is 0.306 e. The van der Waals surface area contributed by atoms with Crippen LogP contribution in [0.5, 0.6) is 5.75 Å². The van der Waals surface area contributed by atoms with E-state index in [0.29, 0.717) is 47.9 Å². The maximum atomic E-state index is 13.3.